The van der Waals surface area contributed by atoms with Gasteiger partial charge in [-0.1, -0.05) is 0 Å². The van der Waals surface area contributed by atoms with Crippen molar-refractivity contribution in [2.45, 2.75) is 26.2 Å². The third kappa shape index (κ3) is 3.63. The third-order valence-electron chi connectivity index (χ3n) is 3.70. The number of Topliss-reactive ketones (excluding diaryl/α,β-unsaturated/α-hetero) is 1. The summed E-state index contributed by atoms with van der Waals surface area (Å²) in [4.78, 5) is 25.1. The zero-order chi connectivity index (χ0) is 13.8. The van der Waals surface area contributed by atoms with Gasteiger partial charge in [-0.15, -0.1) is 0 Å². The summed E-state index contributed by atoms with van der Waals surface area (Å²) in [7, 11) is 0. The topological polar surface area (TPSA) is 37.4 Å². The van der Waals surface area contributed by atoms with E-state index >= 15 is 0 Å². The van der Waals surface area contributed by atoms with Crippen molar-refractivity contribution in [1.82, 2.24) is 4.90 Å². The van der Waals surface area contributed by atoms with E-state index in [0.717, 1.165) is 25.9 Å². The fourth-order valence-corrected chi connectivity index (χ4v) is 2.47. The Balaban J connectivity index is 1.87. The predicted molar refractivity (Wildman–Crippen MR) is 70.3 cm³/mol. The molecule has 4 heteroatoms. The van der Waals surface area contributed by atoms with Crippen LogP contribution < -0.4 is 0 Å². The first-order valence-corrected chi connectivity index (χ1v) is 6.60. The fourth-order valence-electron chi connectivity index (χ4n) is 2.47. The predicted octanol–water partition coefficient (Wildman–Crippen LogP) is 2.66. The number of nitrogens with zero attached hydrogens (tertiary/aromatic N) is 1. The molecule has 0 saturated carbocycles. The van der Waals surface area contributed by atoms with E-state index in [1.54, 1.807) is 6.92 Å². The van der Waals surface area contributed by atoms with Crippen molar-refractivity contribution in [1.29, 1.82) is 0 Å². The number of likely N-dealkylation sites (tertiary alicyclic amines) is 1. The molecule has 1 fully saturated rings. The second-order valence-electron chi connectivity index (χ2n) is 5.08. The number of benzene rings is 1. The van der Waals surface area contributed by atoms with Crippen LogP contribution >= 0.6 is 0 Å². The van der Waals surface area contributed by atoms with Crippen molar-refractivity contribution in [3.05, 3.63) is 35.6 Å². The molecule has 102 valence electrons. The molecule has 19 heavy (non-hydrogen) atoms. The van der Waals surface area contributed by atoms with Crippen molar-refractivity contribution < 1.29 is 14.0 Å². The summed E-state index contributed by atoms with van der Waals surface area (Å²) in [6.07, 6.45) is 2.22. The zero-order valence-corrected chi connectivity index (χ0v) is 11.1. The van der Waals surface area contributed by atoms with Gasteiger partial charge in [-0.2, -0.15) is 0 Å². The summed E-state index contributed by atoms with van der Waals surface area (Å²) < 4.78 is 12.8. The van der Waals surface area contributed by atoms with Crippen LogP contribution in [0.25, 0.3) is 0 Å². The van der Waals surface area contributed by atoms with E-state index in [9.17, 15) is 14.0 Å². The summed E-state index contributed by atoms with van der Waals surface area (Å²) in [6, 6.07) is 5.68. The second-order valence-corrected chi connectivity index (χ2v) is 5.08. The molecule has 0 spiro atoms. The second kappa shape index (κ2) is 5.95. The number of piperidine rings is 1. The van der Waals surface area contributed by atoms with Gasteiger partial charge in [-0.25, -0.2) is 4.39 Å². The number of rotatable bonds is 3. The number of halogens is 1. The van der Waals surface area contributed by atoms with Gasteiger partial charge in [0.05, 0.1) is 0 Å². The lowest BCUT2D eigenvalue weighted by Crippen LogP contribution is -2.37. The monoisotopic (exact) mass is 263 g/mol. The molecule has 1 amide bonds. The van der Waals surface area contributed by atoms with E-state index in [0.29, 0.717) is 17.9 Å². The van der Waals surface area contributed by atoms with Crippen molar-refractivity contribution in [2.75, 3.05) is 13.1 Å². The minimum atomic E-state index is -0.327. The largest absolute Gasteiger partial charge is 0.343 e. The number of hydrogen-bond acceptors (Lipinski definition) is 2. The van der Waals surface area contributed by atoms with Crippen LogP contribution in [0.4, 0.5) is 4.39 Å². The molecule has 1 aromatic carbocycles. The van der Waals surface area contributed by atoms with Gasteiger partial charge in [-0.3, -0.25) is 9.59 Å². The van der Waals surface area contributed by atoms with Crippen molar-refractivity contribution >= 4 is 11.7 Å². The standard InChI is InChI=1S/C15H18FNO2/c1-11(18)17-8-6-12(7-9-17)10-15(19)13-2-4-14(16)5-3-13/h2-5,12H,6-10H2,1H3. The first-order valence-electron chi connectivity index (χ1n) is 6.60. The molecule has 1 saturated heterocycles. The Morgan fingerprint density at radius 1 is 1.21 bits per heavy atom. The summed E-state index contributed by atoms with van der Waals surface area (Å²) >= 11 is 0. The van der Waals surface area contributed by atoms with Crippen LogP contribution in [-0.2, 0) is 4.79 Å². The fraction of sp³-hybridized carbons (Fsp3) is 0.467. The van der Waals surface area contributed by atoms with E-state index in [1.165, 1.54) is 24.3 Å². The summed E-state index contributed by atoms with van der Waals surface area (Å²) in [6.45, 7) is 3.04. The highest BCUT2D eigenvalue weighted by Crippen LogP contribution is 2.22. The first kappa shape index (κ1) is 13.7. The van der Waals surface area contributed by atoms with Crippen LogP contribution in [0.1, 0.15) is 36.5 Å². The zero-order valence-electron chi connectivity index (χ0n) is 11.1. The molecule has 0 aliphatic carbocycles. The molecule has 0 radical (unpaired) electrons. The van der Waals surface area contributed by atoms with E-state index in [1.807, 2.05) is 4.90 Å². The van der Waals surface area contributed by atoms with Crippen LogP contribution in [0.5, 0.6) is 0 Å². The smallest absolute Gasteiger partial charge is 0.219 e. The lowest BCUT2D eigenvalue weighted by molar-refractivity contribution is -0.130. The Hall–Kier alpha value is -1.71. The van der Waals surface area contributed by atoms with E-state index in [4.69, 9.17) is 0 Å². The minimum Gasteiger partial charge on any atom is -0.343 e. The molecule has 0 atom stereocenters. The van der Waals surface area contributed by atoms with Gasteiger partial charge in [0.1, 0.15) is 5.82 Å². The van der Waals surface area contributed by atoms with Crippen molar-refractivity contribution in [3.8, 4) is 0 Å². The van der Waals surface area contributed by atoms with Crippen molar-refractivity contribution in [2.24, 2.45) is 5.92 Å². The molecule has 1 aliphatic heterocycles. The normalized spacial score (nSPS) is 16.4. The highest BCUT2D eigenvalue weighted by molar-refractivity contribution is 5.96. The van der Waals surface area contributed by atoms with Gasteiger partial charge in [0.2, 0.25) is 5.91 Å². The van der Waals surface area contributed by atoms with Crippen molar-refractivity contribution in [3.63, 3.8) is 0 Å². The number of carbonyl (C=O) groups is 2. The van der Waals surface area contributed by atoms with Gasteiger partial charge < -0.3 is 4.90 Å². The molecular weight excluding hydrogens is 245 g/mol. The van der Waals surface area contributed by atoms with Gasteiger partial charge in [0.15, 0.2) is 5.78 Å². The molecule has 1 aromatic rings. The maximum atomic E-state index is 12.8. The van der Waals surface area contributed by atoms with Crippen LogP contribution in [-0.4, -0.2) is 29.7 Å². The molecule has 1 aliphatic rings. The maximum absolute atomic E-state index is 12.8. The average Bonchev–Trinajstić information content (AvgIpc) is 2.40. The van der Waals surface area contributed by atoms with E-state index in [-0.39, 0.29) is 17.5 Å². The molecule has 0 bridgehead atoms. The minimum absolute atomic E-state index is 0.0567. The van der Waals surface area contributed by atoms with Gasteiger partial charge in [0, 0.05) is 32.0 Å². The molecular formula is C15H18FNO2. The maximum Gasteiger partial charge on any atom is 0.219 e. The quantitative estimate of drug-likeness (QED) is 0.786. The molecule has 2 rings (SSSR count). The number of carbonyl (C=O) groups excluding carboxylic acids is 2. The van der Waals surface area contributed by atoms with Crippen LogP contribution in [0.2, 0.25) is 0 Å². The van der Waals surface area contributed by atoms with Crippen LogP contribution in [0.15, 0.2) is 24.3 Å². The summed E-state index contributed by atoms with van der Waals surface area (Å²) in [5, 5.41) is 0. The number of ketones is 1. The van der Waals surface area contributed by atoms with Crippen LogP contribution in [0.3, 0.4) is 0 Å². The number of hydrogen-bond donors (Lipinski definition) is 0. The Labute approximate surface area is 112 Å². The van der Waals surface area contributed by atoms with Gasteiger partial charge >= 0.3 is 0 Å². The lowest BCUT2D eigenvalue weighted by Gasteiger charge is -2.30. The highest BCUT2D eigenvalue weighted by atomic mass is 19.1. The third-order valence-corrected chi connectivity index (χ3v) is 3.70. The Kier molecular flexibility index (Phi) is 4.30. The average molecular weight is 263 g/mol. The Bertz CT molecular complexity index is 462. The van der Waals surface area contributed by atoms with Crippen LogP contribution in [0, 0.1) is 11.7 Å². The van der Waals surface area contributed by atoms with E-state index < -0.39 is 0 Å². The molecule has 0 aromatic heterocycles. The molecule has 3 nitrogen and oxygen atoms in total. The highest BCUT2D eigenvalue weighted by Gasteiger charge is 2.23. The molecule has 1 heterocycles. The van der Waals surface area contributed by atoms with Gasteiger partial charge in [0.25, 0.3) is 0 Å². The Morgan fingerprint density at radius 2 is 1.79 bits per heavy atom. The number of amides is 1. The van der Waals surface area contributed by atoms with Gasteiger partial charge in [-0.05, 0) is 43.0 Å². The summed E-state index contributed by atoms with van der Waals surface area (Å²) in [5.74, 6) is 0.157. The Morgan fingerprint density at radius 3 is 2.32 bits per heavy atom. The SMILES string of the molecule is CC(=O)N1CCC(CC(=O)c2ccc(F)cc2)CC1. The molecule has 0 N–H and O–H groups in total. The molecule has 0 unspecified atom stereocenters. The lowest BCUT2D eigenvalue weighted by atomic mass is 9.90. The summed E-state index contributed by atoms with van der Waals surface area (Å²) in [5.41, 5.74) is 0.565. The first-order chi connectivity index (χ1) is 9.06. The van der Waals surface area contributed by atoms with E-state index in [2.05, 4.69) is 0 Å².